The van der Waals surface area contributed by atoms with Gasteiger partial charge in [-0.25, -0.2) is 8.78 Å². The van der Waals surface area contributed by atoms with Gasteiger partial charge in [0.05, 0.1) is 10.8 Å². The van der Waals surface area contributed by atoms with Crippen molar-refractivity contribution in [3.63, 3.8) is 0 Å². The minimum Gasteiger partial charge on any atom is -0.490 e. The molecule has 0 saturated heterocycles. The second-order valence-corrected chi connectivity index (χ2v) is 22.7. The summed E-state index contributed by atoms with van der Waals surface area (Å²) in [5, 5.41) is 0. The third kappa shape index (κ3) is 9.28. The summed E-state index contributed by atoms with van der Waals surface area (Å²) in [6.45, 7) is 12.1. The van der Waals surface area contributed by atoms with Gasteiger partial charge in [0, 0.05) is 34.1 Å². The fourth-order valence-corrected chi connectivity index (χ4v) is 13.6. The lowest BCUT2D eigenvalue weighted by molar-refractivity contribution is 0.363. The van der Waals surface area contributed by atoms with Crippen molar-refractivity contribution in [2.24, 2.45) is 0 Å². The third-order valence-corrected chi connectivity index (χ3v) is 17.7. The van der Waals surface area contributed by atoms with E-state index in [0.29, 0.717) is 35.7 Å². The predicted molar refractivity (Wildman–Crippen MR) is 357 cm³/mol. The minimum absolute atomic E-state index is 0.284. The zero-order valence-corrected chi connectivity index (χ0v) is 49.0. The molecule has 0 spiro atoms. The Morgan fingerprint density at radius 3 is 1.02 bits per heavy atom. The van der Waals surface area contributed by atoms with Crippen molar-refractivity contribution in [1.29, 1.82) is 0 Å². The summed E-state index contributed by atoms with van der Waals surface area (Å²) in [7, 11) is 0. The van der Waals surface area contributed by atoms with E-state index in [0.717, 1.165) is 101 Å². The number of aryl methyl sites for hydroxylation is 2. The van der Waals surface area contributed by atoms with Crippen molar-refractivity contribution in [2.45, 2.75) is 24.7 Å². The van der Waals surface area contributed by atoms with E-state index in [1.165, 1.54) is 11.1 Å². The zero-order valence-electron chi connectivity index (χ0n) is 49.0. The largest absolute Gasteiger partial charge is 0.490 e. The molecule has 88 heavy (non-hydrogen) atoms. The van der Waals surface area contributed by atoms with E-state index in [1.807, 2.05) is 48.5 Å². The Morgan fingerprint density at radius 2 is 0.648 bits per heavy atom. The number of benzene rings is 12. The molecule has 14 rings (SSSR count). The zero-order chi connectivity index (χ0) is 59.9. The molecule has 0 amide bonds. The van der Waals surface area contributed by atoms with E-state index in [-0.39, 0.29) is 11.6 Å². The number of halogens is 2. The van der Waals surface area contributed by atoms with Crippen molar-refractivity contribution in [2.75, 3.05) is 23.0 Å². The monoisotopic (exact) mass is 1140 g/mol. The van der Waals surface area contributed by atoms with Gasteiger partial charge in [0.25, 0.3) is 0 Å². The molecular formula is C82H62F2N2O2. The Labute approximate surface area is 513 Å². The first-order valence-electron chi connectivity index (χ1n) is 29.8. The maximum absolute atomic E-state index is 15.9. The Kier molecular flexibility index (Phi) is 14.3. The highest BCUT2D eigenvalue weighted by atomic mass is 19.1. The van der Waals surface area contributed by atoms with Gasteiger partial charge in [-0.15, -0.1) is 0 Å². The molecule has 0 N–H and O–H groups in total. The second kappa shape index (κ2) is 22.9. The van der Waals surface area contributed by atoms with Crippen LogP contribution in [-0.2, 0) is 10.8 Å². The van der Waals surface area contributed by atoms with E-state index >= 15 is 8.78 Å². The van der Waals surface area contributed by atoms with Crippen LogP contribution in [0.1, 0.15) is 55.6 Å². The first-order chi connectivity index (χ1) is 43.2. The lowest BCUT2D eigenvalue weighted by Gasteiger charge is -2.35. The highest BCUT2D eigenvalue weighted by Crippen LogP contribution is 2.59. The molecule has 0 aliphatic heterocycles. The quantitative estimate of drug-likeness (QED) is 0.0849. The maximum Gasteiger partial charge on any atom is 0.128 e. The van der Waals surface area contributed by atoms with E-state index in [1.54, 1.807) is 38.1 Å². The Balaban J connectivity index is 0.858. The highest BCUT2D eigenvalue weighted by Gasteiger charge is 2.48. The highest BCUT2D eigenvalue weighted by molar-refractivity contribution is 5.92. The van der Waals surface area contributed by atoms with Crippen LogP contribution in [0.4, 0.5) is 42.9 Å². The first kappa shape index (κ1) is 55.1. The fourth-order valence-electron chi connectivity index (χ4n) is 13.6. The molecule has 426 valence electrons. The van der Waals surface area contributed by atoms with Crippen LogP contribution >= 0.6 is 0 Å². The summed E-state index contributed by atoms with van der Waals surface area (Å²) in [6.07, 6.45) is 3.50. The van der Waals surface area contributed by atoms with Crippen LogP contribution in [0.2, 0.25) is 0 Å². The van der Waals surface area contributed by atoms with Crippen molar-refractivity contribution in [3.05, 3.63) is 372 Å². The molecule has 0 heterocycles. The molecule has 12 aromatic carbocycles. The molecule has 6 heteroatoms. The maximum atomic E-state index is 15.9. The number of hydrogen-bond donors (Lipinski definition) is 0. The lowest BCUT2D eigenvalue weighted by Crippen LogP contribution is -2.28. The summed E-state index contributed by atoms with van der Waals surface area (Å²) in [6, 6.07) is 96.8. The third-order valence-electron chi connectivity index (χ3n) is 17.7. The van der Waals surface area contributed by atoms with Crippen LogP contribution in [-0.4, -0.2) is 13.2 Å². The number of nitrogens with zero attached hydrogens (tertiary/aromatic N) is 2. The number of fused-ring (bicyclic) bond motifs is 6. The van der Waals surface area contributed by atoms with Gasteiger partial charge in [0.2, 0.25) is 0 Å². The van der Waals surface area contributed by atoms with Crippen LogP contribution in [0.25, 0.3) is 33.4 Å². The van der Waals surface area contributed by atoms with Crippen LogP contribution < -0.4 is 19.3 Å². The minimum atomic E-state index is -0.697. The van der Waals surface area contributed by atoms with Crippen molar-refractivity contribution >= 4 is 34.1 Å². The average molecular weight is 1150 g/mol. The van der Waals surface area contributed by atoms with E-state index < -0.39 is 10.8 Å². The molecule has 4 nitrogen and oxygen atoms in total. The molecule has 2 atom stereocenters. The molecule has 2 aliphatic rings. The predicted octanol–water partition coefficient (Wildman–Crippen LogP) is 21.0. The van der Waals surface area contributed by atoms with Gasteiger partial charge in [0.1, 0.15) is 36.3 Å². The van der Waals surface area contributed by atoms with Gasteiger partial charge in [-0.1, -0.05) is 207 Å². The molecule has 0 bridgehead atoms. The molecule has 2 unspecified atom stereocenters. The molecular weight excluding hydrogens is 1080 g/mol. The fraction of sp³-hybridized carbons (Fsp3) is 0.0732. The Morgan fingerprint density at radius 1 is 0.330 bits per heavy atom. The van der Waals surface area contributed by atoms with E-state index in [2.05, 4.69) is 241 Å². The van der Waals surface area contributed by atoms with Crippen molar-refractivity contribution in [1.82, 2.24) is 0 Å². The van der Waals surface area contributed by atoms with E-state index in [4.69, 9.17) is 9.47 Å². The molecule has 0 aromatic heterocycles. The lowest BCUT2D eigenvalue weighted by atomic mass is 9.67. The summed E-state index contributed by atoms with van der Waals surface area (Å²) in [4.78, 5) is 4.29. The molecule has 0 fully saturated rings. The Hall–Kier alpha value is -10.8. The van der Waals surface area contributed by atoms with Crippen LogP contribution in [0.15, 0.2) is 304 Å². The molecule has 0 radical (unpaired) electrons. The number of anilines is 6. The number of rotatable bonds is 17. The SMILES string of the molecule is C=CCOc1ccc(C2(c3ccccc3)c3ccccc3-c3ccc(N(c4ccc(-c5ccc(N(c6ccc(C)c(F)c6)c6ccc7c(c6)C(c6ccccc6)(c6ccc(OCC=C)cc6)c6ccccc6-7)cc5)cc4)c4ccc(C)c(F)c4)cc32)cc1. The number of ether oxygens (including phenoxy) is 2. The van der Waals surface area contributed by atoms with Crippen LogP contribution in [0.5, 0.6) is 11.5 Å². The van der Waals surface area contributed by atoms with Crippen molar-refractivity contribution in [3.8, 4) is 44.9 Å². The number of hydrogen-bond acceptors (Lipinski definition) is 4. The summed E-state index contributed by atoms with van der Waals surface area (Å²) in [5.41, 5.74) is 20.3. The smallest absolute Gasteiger partial charge is 0.128 e. The van der Waals surface area contributed by atoms with E-state index in [9.17, 15) is 0 Å². The molecule has 0 saturated carbocycles. The summed E-state index contributed by atoms with van der Waals surface area (Å²) in [5.74, 6) is 0.964. The standard InChI is InChI=1S/C82H62F2N2O2/c1-5-49-87-69-43-31-61(32-44-69)81(59-17-9-7-10-18-59)75-23-15-13-21-71(75)73-47-41-65(51-77(73)81)85(67-35-25-55(3)79(83)53-67)63-37-27-57(28-38-63)58-29-39-64(40-30-58)86(68-36-26-56(4)80(84)54-68)66-42-48-74-72-22-14-16-24-76(72)82(78(74)52-66,60-19-11-8-12-20-60)62-33-45-70(46-34-62)88-50-6-2/h5-48,51-54H,1-2,49-50H2,3-4H3. The van der Waals surface area contributed by atoms with Crippen LogP contribution in [0.3, 0.4) is 0 Å². The topological polar surface area (TPSA) is 24.9 Å². The van der Waals surface area contributed by atoms with Gasteiger partial charge in [0.15, 0.2) is 0 Å². The summed E-state index contributed by atoms with van der Waals surface area (Å²) < 4.78 is 43.9. The summed E-state index contributed by atoms with van der Waals surface area (Å²) >= 11 is 0. The normalized spacial score (nSPS) is 15.1. The molecule has 2 aliphatic carbocycles. The Bertz CT molecular complexity index is 4290. The van der Waals surface area contributed by atoms with Gasteiger partial charge in [-0.2, -0.15) is 0 Å². The van der Waals surface area contributed by atoms with Gasteiger partial charge in [-0.3, -0.25) is 0 Å². The van der Waals surface area contributed by atoms with Gasteiger partial charge < -0.3 is 19.3 Å². The first-order valence-corrected chi connectivity index (χ1v) is 29.8. The molecule has 12 aromatic rings. The average Bonchev–Trinajstić information content (AvgIpc) is 1.56. The second-order valence-electron chi connectivity index (χ2n) is 22.7. The van der Waals surface area contributed by atoms with Gasteiger partial charge in [-0.05, 0) is 200 Å². The van der Waals surface area contributed by atoms with Gasteiger partial charge >= 0.3 is 0 Å². The van der Waals surface area contributed by atoms with Crippen LogP contribution in [0, 0.1) is 25.5 Å². The van der Waals surface area contributed by atoms with Crippen molar-refractivity contribution < 1.29 is 18.3 Å².